The number of hydrogen-bond acceptors (Lipinski definition) is 5. The second-order valence-electron chi connectivity index (χ2n) is 5.17. The van der Waals surface area contributed by atoms with E-state index < -0.39 is 0 Å². The minimum absolute atomic E-state index is 0.00128. The van der Waals surface area contributed by atoms with Gasteiger partial charge in [-0.3, -0.25) is 9.69 Å². The molecular formula is C18H17N3OS2. The Morgan fingerprint density at radius 1 is 1.33 bits per heavy atom. The Kier molecular flexibility index (Phi) is 5.27. The van der Waals surface area contributed by atoms with Crippen molar-refractivity contribution in [2.45, 2.75) is 13.8 Å². The molecule has 1 aromatic carbocycles. The lowest BCUT2D eigenvalue weighted by atomic mass is 10.1. The molecule has 4 nitrogen and oxygen atoms in total. The van der Waals surface area contributed by atoms with Gasteiger partial charge in [-0.2, -0.15) is 4.99 Å². The molecule has 0 saturated carbocycles. The Morgan fingerprint density at radius 2 is 2.12 bits per heavy atom. The molecule has 1 aliphatic heterocycles. The molecule has 1 aliphatic rings. The fourth-order valence-corrected chi connectivity index (χ4v) is 3.94. The molecule has 0 aliphatic carbocycles. The SMILES string of the molecule is CCN1C(=O)/C(=C/C(C)=C/c2ccccc2)S/C1=N/c1nccs1. The van der Waals surface area contributed by atoms with Gasteiger partial charge in [0.25, 0.3) is 5.91 Å². The average molecular weight is 355 g/mol. The minimum Gasteiger partial charge on any atom is -0.287 e. The Balaban J connectivity index is 1.86. The highest BCUT2D eigenvalue weighted by atomic mass is 32.2. The van der Waals surface area contributed by atoms with Crippen molar-refractivity contribution in [2.24, 2.45) is 4.99 Å². The van der Waals surface area contributed by atoms with Crippen LogP contribution in [0.25, 0.3) is 6.08 Å². The van der Waals surface area contributed by atoms with Crippen molar-refractivity contribution >= 4 is 45.4 Å². The van der Waals surface area contributed by atoms with Crippen molar-refractivity contribution in [1.82, 2.24) is 9.88 Å². The molecule has 0 spiro atoms. The van der Waals surface area contributed by atoms with Crippen LogP contribution >= 0.6 is 23.1 Å². The van der Waals surface area contributed by atoms with Gasteiger partial charge in [0.2, 0.25) is 5.13 Å². The van der Waals surface area contributed by atoms with Gasteiger partial charge in [0.1, 0.15) is 0 Å². The van der Waals surface area contributed by atoms with Gasteiger partial charge in [0, 0.05) is 18.1 Å². The Bertz CT molecular complexity index is 808. The number of likely N-dealkylation sites (N-methyl/N-ethyl adjacent to an activating group) is 1. The van der Waals surface area contributed by atoms with E-state index in [9.17, 15) is 4.79 Å². The van der Waals surface area contributed by atoms with E-state index in [1.54, 1.807) is 11.1 Å². The summed E-state index contributed by atoms with van der Waals surface area (Å²) in [5, 5.41) is 3.23. The topological polar surface area (TPSA) is 45.6 Å². The number of nitrogens with zero attached hydrogens (tertiary/aromatic N) is 3. The number of allylic oxidation sites excluding steroid dienone is 2. The molecule has 2 heterocycles. The van der Waals surface area contributed by atoms with Gasteiger partial charge >= 0.3 is 0 Å². The number of carbonyl (C=O) groups excluding carboxylic acids is 1. The lowest BCUT2D eigenvalue weighted by Gasteiger charge is -2.11. The van der Waals surface area contributed by atoms with Crippen molar-refractivity contribution in [2.75, 3.05) is 6.54 Å². The number of thiazole rings is 1. The van der Waals surface area contributed by atoms with Crippen LogP contribution in [0.4, 0.5) is 5.13 Å². The lowest BCUT2D eigenvalue weighted by molar-refractivity contribution is -0.122. The first-order chi connectivity index (χ1) is 11.7. The fraction of sp³-hybridized carbons (Fsp3) is 0.167. The number of rotatable bonds is 4. The van der Waals surface area contributed by atoms with Crippen LogP contribution in [0.5, 0.6) is 0 Å². The normalized spacial score (nSPS) is 18.8. The zero-order chi connectivity index (χ0) is 16.9. The third-order valence-electron chi connectivity index (χ3n) is 3.37. The fourth-order valence-electron chi connectivity index (χ4n) is 2.28. The number of benzene rings is 1. The Morgan fingerprint density at radius 3 is 2.79 bits per heavy atom. The number of thioether (sulfide) groups is 1. The van der Waals surface area contributed by atoms with Crippen molar-refractivity contribution < 1.29 is 4.79 Å². The largest absolute Gasteiger partial charge is 0.287 e. The van der Waals surface area contributed by atoms with Gasteiger partial charge in [0.05, 0.1) is 4.91 Å². The number of amides is 1. The first-order valence-electron chi connectivity index (χ1n) is 7.60. The summed E-state index contributed by atoms with van der Waals surface area (Å²) in [7, 11) is 0. The summed E-state index contributed by atoms with van der Waals surface area (Å²) in [6.45, 7) is 4.54. The highest BCUT2D eigenvalue weighted by Crippen LogP contribution is 2.33. The standard InChI is InChI=1S/C18H17N3OS2/c1-3-21-16(22)15(24-18(21)20-17-19-9-10-23-17)12-13(2)11-14-7-5-4-6-8-14/h4-12H,3H2,1-2H3/b13-11+,15-12-,20-18+. The summed E-state index contributed by atoms with van der Waals surface area (Å²) in [4.78, 5) is 23.6. The average Bonchev–Trinajstić information content (AvgIpc) is 3.17. The van der Waals surface area contributed by atoms with Gasteiger partial charge in [-0.05, 0) is 42.8 Å². The van der Waals surface area contributed by atoms with E-state index >= 15 is 0 Å². The van der Waals surface area contributed by atoms with Gasteiger partial charge in [-0.25, -0.2) is 4.98 Å². The monoisotopic (exact) mass is 355 g/mol. The maximum Gasteiger partial charge on any atom is 0.266 e. The summed E-state index contributed by atoms with van der Waals surface area (Å²) < 4.78 is 0. The number of carbonyl (C=O) groups is 1. The maximum absolute atomic E-state index is 12.6. The number of aliphatic imine (C=N–C) groups is 1. The summed E-state index contributed by atoms with van der Waals surface area (Å²) in [6.07, 6.45) is 5.70. The molecule has 122 valence electrons. The summed E-state index contributed by atoms with van der Waals surface area (Å²) >= 11 is 2.86. The summed E-state index contributed by atoms with van der Waals surface area (Å²) in [6, 6.07) is 10.1. The summed E-state index contributed by atoms with van der Waals surface area (Å²) in [5.74, 6) is -0.00128. The first kappa shape index (κ1) is 16.7. The molecule has 24 heavy (non-hydrogen) atoms. The minimum atomic E-state index is -0.00128. The molecule has 1 saturated heterocycles. The van der Waals surface area contributed by atoms with E-state index in [1.807, 2.05) is 55.6 Å². The number of hydrogen-bond donors (Lipinski definition) is 0. The van der Waals surface area contributed by atoms with Crippen LogP contribution in [0.1, 0.15) is 19.4 Å². The van der Waals surface area contributed by atoms with Gasteiger partial charge in [-0.15, -0.1) is 11.3 Å². The van der Waals surface area contributed by atoms with Gasteiger partial charge < -0.3 is 0 Å². The van der Waals surface area contributed by atoms with E-state index in [1.165, 1.54) is 23.1 Å². The molecule has 0 radical (unpaired) electrons. The Labute approximate surface area is 149 Å². The van der Waals surface area contributed by atoms with E-state index in [2.05, 4.69) is 16.1 Å². The highest BCUT2D eigenvalue weighted by Gasteiger charge is 2.32. The molecule has 0 atom stereocenters. The quantitative estimate of drug-likeness (QED) is 0.746. The molecule has 0 unspecified atom stereocenters. The van der Waals surface area contributed by atoms with E-state index in [-0.39, 0.29) is 5.91 Å². The molecule has 2 aromatic rings. The molecule has 3 rings (SSSR count). The second-order valence-corrected chi connectivity index (χ2v) is 7.05. The predicted octanol–water partition coefficient (Wildman–Crippen LogP) is 4.71. The van der Waals surface area contributed by atoms with Crippen LogP contribution in [-0.2, 0) is 4.79 Å². The highest BCUT2D eigenvalue weighted by molar-refractivity contribution is 8.18. The maximum atomic E-state index is 12.6. The molecular weight excluding hydrogens is 338 g/mol. The van der Waals surface area contributed by atoms with Crippen molar-refractivity contribution in [1.29, 1.82) is 0 Å². The van der Waals surface area contributed by atoms with Crippen LogP contribution < -0.4 is 0 Å². The van der Waals surface area contributed by atoms with Gasteiger partial charge in [0.15, 0.2) is 5.17 Å². The van der Waals surface area contributed by atoms with E-state index in [0.717, 1.165) is 11.1 Å². The molecule has 1 aromatic heterocycles. The smallest absolute Gasteiger partial charge is 0.266 e. The van der Waals surface area contributed by atoms with Crippen LogP contribution in [0, 0.1) is 0 Å². The van der Waals surface area contributed by atoms with Crippen LogP contribution in [0.2, 0.25) is 0 Å². The van der Waals surface area contributed by atoms with Crippen LogP contribution in [0.3, 0.4) is 0 Å². The molecule has 0 N–H and O–H groups in total. The summed E-state index contributed by atoms with van der Waals surface area (Å²) in [5.41, 5.74) is 2.15. The van der Waals surface area contributed by atoms with Crippen molar-refractivity contribution in [3.05, 3.63) is 64.0 Å². The van der Waals surface area contributed by atoms with Crippen LogP contribution in [0.15, 0.2) is 63.5 Å². The zero-order valence-corrected chi connectivity index (χ0v) is 15.1. The zero-order valence-electron chi connectivity index (χ0n) is 13.5. The lowest BCUT2D eigenvalue weighted by Crippen LogP contribution is -2.28. The van der Waals surface area contributed by atoms with E-state index in [0.29, 0.717) is 21.7 Å². The molecule has 0 bridgehead atoms. The molecule has 6 heteroatoms. The predicted molar refractivity (Wildman–Crippen MR) is 102 cm³/mol. The number of aromatic nitrogens is 1. The van der Waals surface area contributed by atoms with Crippen molar-refractivity contribution in [3.63, 3.8) is 0 Å². The Hall–Kier alpha value is -2.18. The molecule has 1 fully saturated rings. The third-order valence-corrected chi connectivity index (χ3v) is 5.04. The van der Waals surface area contributed by atoms with Crippen molar-refractivity contribution in [3.8, 4) is 0 Å². The second kappa shape index (κ2) is 7.59. The van der Waals surface area contributed by atoms with E-state index in [4.69, 9.17) is 0 Å². The number of amidine groups is 1. The first-order valence-corrected chi connectivity index (χ1v) is 9.30. The van der Waals surface area contributed by atoms with Gasteiger partial charge in [-0.1, -0.05) is 36.4 Å². The third kappa shape index (κ3) is 3.83. The molecule has 1 amide bonds. The van der Waals surface area contributed by atoms with Crippen LogP contribution in [-0.4, -0.2) is 27.5 Å².